The van der Waals surface area contributed by atoms with Crippen LogP contribution in [-0.2, 0) is 6.54 Å². The fourth-order valence-corrected chi connectivity index (χ4v) is 3.88. The van der Waals surface area contributed by atoms with E-state index in [4.69, 9.17) is 16.7 Å². The summed E-state index contributed by atoms with van der Waals surface area (Å²) in [5.74, 6) is 0.453. The van der Waals surface area contributed by atoms with Crippen LogP contribution in [0.3, 0.4) is 0 Å². The maximum absolute atomic E-state index is 10.4. The number of aromatic nitrogens is 5. The Morgan fingerprint density at radius 1 is 1.12 bits per heavy atom. The fraction of sp³-hybridized carbons (Fsp3) is 0.304. The van der Waals surface area contributed by atoms with E-state index < -0.39 is 6.09 Å². The Labute approximate surface area is 196 Å². The summed E-state index contributed by atoms with van der Waals surface area (Å²) in [4.78, 5) is 22.6. The number of unbranched alkanes of at least 4 members (excludes halogenated alkanes) is 4. The first kappa shape index (κ1) is 22.6. The number of nitrogens with zero attached hydrogens (tertiary/aromatic N) is 4. The minimum Gasteiger partial charge on any atom is -0.465 e. The summed E-state index contributed by atoms with van der Waals surface area (Å²) in [7, 11) is 0. The molecule has 0 aliphatic heterocycles. The molecule has 0 saturated carbocycles. The molecule has 1 aromatic carbocycles. The summed E-state index contributed by atoms with van der Waals surface area (Å²) in [6.45, 7) is 1.33. The molecule has 0 spiro atoms. The molecule has 10 heteroatoms. The number of anilines is 2. The highest BCUT2D eigenvalue weighted by Gasteiger charge is 2.13. The Morgan fingerprint density at radius 3 is 2.82 bits per heavy atom. The Balaban J connectivity index is 1.30. The van der Waals surface area contributed by atoms with Gasteiger partial charge in [0.25, 0.3) is 0 Å². The molecule has 0 bridgehead atoms. The minimum absolute atomic E-state index is 0.453. The maximum Gasteiger partial charge on any atom is 0.404 e. The van der Waals surface area contributed by atoms with Gasteiger partial charge >= 0.3 is 6.09 Å². The Morgan fingerprint density at radius 2 is 1.94 bits per heavy atom. The molecule has 0 radical (unpaired) electrons. The number of carboxylic acid groups (broad SMARTS) is 1. The molecule has 0 unspecified atom stereocenters. The smallest absolute Gasteiger partial charge is 0.404 e. The highest BCUT2D eigenvalue weighted by molar-refractivity contribution is 6.33. The largest absolute Gasteiger partial charge is 0.465 e. The van der Waals surface area contributed by atoms with Crippen molar-refractivity contribution in [2.24, 2.45) is 0 Å². The van der Waals surface area contributed by atoms with Crippen LogP contribution in [0.15, 0.2) is 49.1 Å². The Hall–Kier alpha value is -3.59. The van der Waals surface area contributed by atoms with Gasteiger partial charge in [-0.1, -0.05) is 49.1 Å². The van der Waals surface area contributed by atoms with Crippen LogP contribution in [0.2, 0.25) is 5.02 Å². The molecule has 4 N–H and O–H groups in total. The summed E-state index contributed by atoms with van der Waals surface area (Å²) in [6, 6.07) is 8.01. The zero-order chi connectivity index (χ0) is 23.0. The molecule has 3 heterocycles. The van der Waals surface area contributed by atoms with Crippen LogP contribution in [0.5, 0.6) is 0 Å². The van der Waals surface area contributed by atoms with Crippen LogP contribution >= 0.6 is 11.6 Å². The summed E-state index contributed by atoms with van der Waals surface area (Å²) in [5, 5.41) is 20.1. The lowest BCUT2D eigenvalue weighted by Crippen LogP contribution is -2.21. The molecule has 0 fully saturated rings. The number of para-hydroxylation sites is 1. The first-order chi connectivity index (χ1) is 16.1. The van der Waals surface area contributed by atoms with Gasteiger partial charge < -0.3 is 20.7 Å². The van der Waals surface area contributed by atoms with Crippen molar-refractivity contribution in [1.82, 2.24) is 30.0 Å². The van der Waals surface area contributed by atoms with Crippen LogP contribution in [0.25, 0.3) is 22.2 Å². The number of fused-ring (bicyclic) bond motifs is 1. The molecule has 33 heavy (non-hydrogen) atoms. The van der Waals surface area contributed by atoms with Gasteiger partial charge in [-0.2, -0.15) is 5.10 Å². The average Bonchev–Trinajstić information content (AvgIpc) is 3.43. The Kier molecular flexibility index (Phi) is 7.41. The van der Waals surface area contributed by atoms with Crippen molar-refractivity contribution >= 4 is 40.2 Å². The van der Waals surface area contributed by atoms with Crippen molar-refractivity contribution in [3.8, 4) is 11.3 Å². The molecule has 0 aliphatic carbocycles. The molecule has 4 aromatic rings. The molecule has 9 nitrogen and oxygen atoms in total. The summed E-state index contributed by atoms with van der Waals surface area (Å²) < 4.78 is 1.89. The van der Waals surface area contributed by atoms with Crippen LogP contribution < -0.4 is 10.6 Å². The maximum atomic E-state index is 10.4. The lowest BCUT2D eigenvalue weighted by molar-refractivity contribution is 0.194. The van der Waals surface area contributed by atoms with E-state index >= 15 is 0 Å². The topological polar surface area (TPSA) is 121 Å². The molecule has 0 saturated heterocycles. The summed E-state index contributed by atoms with van der Waals surface area (Å²) in [5.41, 5.74) is 3.42. The molecular weight excluding hydrogens is 442 g/mol. The van der Waals surface area contributed by atoms with Gasteiger partial charge in [-0.25, -0.2) is 14.8 Å². The molecule has 1 amide bonds. The highest BCUT2D eigenvalue weighted by atomic mass is 35.5. The summed E-state index contributed by atoms with van der Waals surface area (Å²) in [6.07, 6.45) is 11.3. The normalized spacial score (nSPS) is 11.1. The van der Waals surface area contributed by atoms with E-state index in [1.807, 2.05) is 41.3 Å². The predicted octanol–water partition coefficient (Wildman–Crippen LogP) is 5.44. The standard InChI is InChI=1S/C23H26ClN7O2/c24-19-14-27-22(30-21(19)18-13-26-20-9-5-4-8-17(18)20)29-16-12-28-31(15-16)11-7-3-1-2-6-10-25-23(32)33/h4-5,8-9,12-15,25-26H,1-3,6-7,10-11H2,(H,32,33)(H,27,29,30). The third kappa shape index (κ3) is 6.01. The Bertz CT molecular complexity index is 1220. The van der Waals surface area contributed by atoms with Crippen molar-refractivity contribution in [2.45, 2.75) is 38.6 Å². The predicted molar refractivity (Wildman–Crippen MR) is 129 cm³/mol. The van der Waals surface area contributed by atoms with E-state index in [9.17, 15) is 4.79 Å². The lowest BCUT2D eigenvalue weighted by Gasteiger charge is -2.06. The SMILES string of the molecule is O=C(O)NCCCCCCCn1cc(Nc2ncc(Cl)c(-c3c[nH]c4ccccc34)n2)cn1. The van der Waals surface area contributed by atoms with E-state index in [0.29, 0.717) is 23.2 Å². The number of benzene rings is 1. The van der Waals surface area contributed by atoms with Gasteiger partial charge in [0.2, 0.25) is 5.95 Å². The number of amides is 1. The molecule has 0 atom stereocenters. The third-order valence-corrected chi connectivity index (χ3v) is 5.59. The third-order valence-electron chi connectivity index (χ3n) is 5.32. The number of nitrogens with one attached hydrogen (secondary N) is 3. The van der Waals surface area contributed by atoms with E-state index in [0.717, 1.165) is 60.8 Å². The number of halogens is 1. The first-order valence-electron chi connectivity index (χ1n) is 11.0. The van der Waals surface area contributed by atoms with Gasteiger partial charge in [0.15, 0.2) is 0 Å². The lowest BCUT2D eigenvalue weighted by atomic mass is 10.1. The van der Waals surface area contributed by atoms with Gasteiger partial charge in [-0.05, 0) is 18.9 Å². The van der Waals surface area contributed by atoms with Gasteiger partial charge in [0.05, 0.1) is 28.8 Å². The van der Waals surface area contributed by atoms with Crippen molar-refractivity contribution in [2.75, 3.05) is 11.9 Å². The van der Waals surface area contributed by atoms with Gasteiger partial charge in [0.1, 0.15) is 0 Å². The highest BCUT2D eigenvalue weighted by Crippen LogP contribution is 2.32. The second-order valence-electron chi connectivity index (χ2n) is 7.75. The van der Waals surface area contributed by atoms with E-state index in [-0.39, 0.29) is 0 Å². The number of rotatable bonds is 11. The average molecular weight is 468 g/mol. The molecule has 4 rings (SSSR count). The molecule has 172 valence electrons. The zero-order valence-electron chi connectivity index (χ0n) is 18.1. The second-order valence-corrected chi connectivity index (χ2v) is 8.16. The van der Waals surface area contributed by atoms with Crippen LogP contribution in [0.4, 0.5) is 16.4 Å². The quantitative estimate of drug-likeness (QED) is 0.218. The number of carbonyl (C=O) groups is 1. The number of hydrogen-bond acceptors (Lipinski definition) is 5. The minimum atomic E-state index is -0.962. The second kappa shape index (κ2) is 10.8. The molecule has 0 aliphatic rings. The molecular formula is C23H26ClN7O2. The number of H-pyrrole nitrogens is 1. The number of aromatic amines is 1. The summed E-state index contributed by atoms with van der Waals surface area (Å²) >= 11 is 6.41. The van der Waals surface area contributed by atoms with E-state index in [1.54, 1.807) is 12.4 Å². The van der Waals surface area contributed by atoms with Crippen LogP contribution in [0.1, 0.15) is 32.1 Å². The van der Waals surface area contributed by atoms with Crippen molar-refractivity contribution < 1.29 is 9.90 Å². The van der Waals surface area contributed by atoms with E-state index in [2.05, 4.69) is 30.7 Å². The van der Waals surface area contributed by atoms with Crippen molar-refractivity contribution in [3.63, 3.8) is 0 Å². The number of hydrogen-bond donors (Lipinski definition) is 4. The van der Waals surface area contributed by atoms with Gasteiger partial charge in [-0.15, -0.1) is 0 Å². The van der Waals surface area contributed by atoms with Crippen molar-refractivity contribution in [1.29, 1.82) is 0 Å². The van der Waals surface area contributed by atoms with Crippen LogP contribution in [0, 0.1) is 0 Å². The first-order valence-corrected chi connectivity index (χ1v) is 11.3. The number of aryl methyl sites for hydroxylation is 1. The van der Waals surface area contributed by atoms with Gasteiger partial charge in [-0.3, -0.25) is 4.68 Å². The van der Waals surface area contributed by atoms with Crippen LogP contribution in [-0.4, -0.2) is 42.5 Å². The molecule has 3 aromatic heterocycles. The fourth-order valence-electron chi connectivity index (χ4n) is 3.69. The zero-order valence-corrected chi connectivity index (χ0v) is 18.8. The van der Waals surface area contributed by atoms with Crippen molar-refractivity contribution in [3.05, 3.63) is 54.1 Å². The van der Waals surface area contributed by atoms with Gasteiger partial charge in [0, 0.05) is 41.9 Å². The monoisotopic (exact) mass is 467 g/mol. The van der Waals surface area contributed by atoms with E-state index in [1.165, 1.54) is 0 Å².